The third-order valence-electron chi connectivity index (χ3n) is 10.8. The number of rotatable bonds is 6. The molecular formula is C51H33N3S. The van der Waals surface area contributed by atoms with E-state index in [4.69, 9.17) is 4.98 Å². The van der Waals surface area contributed by atoms with Gasteiger partial charge in [0.25, 0.3) is 0 Å². The second-order valence-electron chi connectivity index (χ2n) is 14.0. The molecule has 0 saturated carbocycles. The predicted molar refractivity (Wildman–Crippen MR) is 235 cm³/mol. The molecule has 0 bridgehead atoms. The zero-order chi connectivity index (χ0) is 36.3. The van der Waals surface area contributed by atoms with Crippen molar-refractivity contribution in [3.63, 3.8) is 0 Å². The van der Waals surface area contributed by atoms with Gasteiger partial charge in [-0.15, -0.1) is 11.3 Å². The van der Waals surface area contributed by atoms with Gasteiger partial charge in [0.05, 0.1) is 21.3 Å². The van der Waals surface area contributed by atoms with E-state index >= 15 is 0 Å². The number of benzene rings is 9. The topological polar surface area (TPSA) is 21.1 Å². The molecule has 0 N–H and O–H groups in total. The summed E-state index contributed by atoms with van der Waals surface area (Å²) in [6.07, 6.45) is 0. The number of fused-ring (bicyclic) bond motifs is 8. The molecule has 11 aromatic rings. The van der Waals surface area contributed by atoms with Crippen LogP contribution in [0.2, 0.25) is 0 Å². The molecule has 55 heavy (non-hydrogen) atoms. The molecule has 0 radical (unpaired) electrons. The Morgan fingerprint density at radius 3 is 1.64 bits per heavy atom. The Bertz CT molecular complexity index is 3130. The normalized spacial score (nSPS) is 11.6. The molecule has 0 aliphatic rings. The first-order valence-corrected chi connectivity index (χ1v) is 19.4. The van der Waals surface area contributed by atoms with Gasteiger partial charge in [0.1, 0.15) is 5.01 Å². The van der Waals surface area contributed by atoms with Gasteiger partial charge in [-0.2, -0.15) is 0 Å². The molecule has 11 rings (SSSR count). The quantitative estimate of drug-likeness (QED) is 0.160. The zero-order valence-corrected chi connectivity index (χ0v) is 30.6. The summed E-state index contributed by atoms with van der Waals surface area (Å²) in [7, 11) is 0. The number of hydrogen-bond acceptors (Lipinski definition) is 3. The lowest BCUT2D eigenvalue weighted by atomic mass is 10.0. The van der Waals surface area contributed by atoms with Gasteiger partial charge in [-0.3, -0.25) is 0 Å². The summed E-state index contributed by atoms with van der Waals surface area (Å²) in [6, 6.07) is 72.1. The largest absolute Gasteiger partial charge is 0.310 e. The smallest absolute Gasteiger partial charge is 0.124 e. The van der Waals surface area contributed by atoms with Crippen molar-refractivity contribution in [3.05, 3.63) is 200 Å². The van der Waals surface area contributed by atoms with Crippen molar-refractivity contribution in [2.75, 3.05) is 4.90 Å². The standard InChI is InChI=1S/C51H33N3S/c1-3-11-34(12-4-1)35-19-22-38(23-20-35)53(39-24-26-40(27-25-39)54-48-17-9-7-15-44(48)45-16-8-10-18-49(45)54)41-28-30-42-37(33-41)21-29-46-43(42)31-32-47-50(46)55-51(52-47)36-13-5-2-6-14-36/h1-33H. The van der Waals surface area contributed by atoms with Crippen LogP contribution in [-0.4, -0.2) is 9.55 Å². The second-order valence-corrected chi connectivity index (χ2v) is 15.0. The second kappa shape index (κ2) is 12.8. The Kier molecular flexibility index (Phi) is 7.35. The van der Waals surface area contributed by atoms with Crippen LogP contribution < -0.4 is 4.90 Å². The van der Waals surface area contributed by atoms with Crippen LogP contribution >= 0.6 is 11.3 Å². The number of nitrogens with zero attached hydrogens (tertiary/aromatic N) is 3. The minimum atomic E-state index is 1.04. The monoisotopic (exact) mass is 719 g/mol. The minimum absolute atomic E-state index is 1.04. The average molecular weight is 720 g/mol. The molecule has 2 aromatic heterocycles. The fourth-order valence-electron chi connectivity index (χ4n) is 8.19. The molecule has 2 heterocycles. The molecule has 0 spiro atoms. The van der Waals surface area contributed by atoms with E-state index in [1.165, 1.54) is 59.2 Å². The van der Waals surface area contributed by atoms with Crippen LogP contribution in [-0.2, 0) is 0 Å². The van der Waals surface area contributed by atoms with Gasteiger partial charge >= 0.3 is 0 Å². The van der Waals surface area contributed by atoms with Gasteiger partial charge in [-0.1, -0.05) is 133 Å². The summed E-state index contributed by atoms with van der Waals surface area (Å²) in [5.74, 6) is 0. The van der Waals surface area contributed by atoms with E-state index in [1.54, 1.807) is 11.3 Å². The fraction of sp³-hybridized carbons (Fsp3) is 0. The summed E-state index contributed by atoms with van der Waals surface area (Å²) < 4.78 is 3.60. The molecule has 0 aliphatic heterocycles. The zero-order valence-electron chi connectivity index (χ0n) is 29.8. The van der Waals surface area contributed by atoms with Crippen LogP contribution in [0.1, 0.15) is 0 Å². The maximum Gasteiger partial charge on any atom is 0.124 e. The van der Waals surface area contributed by atoms with Crippen molar-refractivity contribution >= 4 is 82.0 Å². The molecule has 3 nitrogen and oxygen atoms in total. The molecule has 0 amide bonds. The number of aromatic nitrogens is 2. The van der Waals surface area contributed by atoms with Gasteiger partial charge in [0.15, 0.2) is 0 Å². The molecule has 0 fully saturated rings. The summed E-state index contributed by atoms with van der Waals surface area (Å²) >= 11 is 1.77. The maximum absolute atomic E-state index is 5.01. The molecule has 258 valence electrons. The Labute approximate surface area is 322 Å². The van der Waals surface area contributed by atoms with E-state index in [1.807, 2.05) is 0 Å². The highest BCUT2D eigenvalue weighted by Crippen LogP contribution is 2.42. The van der Waals surface area contributed by atoms with Crippen molar-refractivity contribution in [3.8, 4) is 27.4 Å². The first-order valence-electron chi connectivity index (χ1n) is 18.6. The van der Waals surface area contributed by atoms with E-state index < -0.39 is 0 Å². The lowest BCUT2D eigenvalue weighted by Crippen LogP contribution is -2.10. The number of para-hydroxylation sites is 2. The van der Waals surface area contributed by atoms with Gasteiger partial charge in [-0.05, 0) is 94.0 Å². The van der Waals surface area contributed by atoms with E-state index in [2.05, 4.69) is 210 Å². The van der Waals surface area contributed by atoms with Crippen molar-refractivity contribution in [2.45, 2.75) is 0 Å². The Balaban J connectivity index is 1.03. The molecular weight excluding hydrogens is 687 g/mol. The van der Waals surface area contributed by atoms with Crippen LogP contribution in [0.3, 0.4) is 0 Å². The van der Waals surface area contributed by atoms with E-state index in [0.717, 1.165) is 38.8 Å². The molecule has 0 aliphatic carbocycles. The third kappa shape index (κ3) is 5.30. The Morgan fingerprint density at radius 1 is 0.400 bits per heavy atom. The summed E-state index contributed by atoms with van der Waals surface area (Å²) in [6.45, 7) is 0. The lowest BCUT2D eigenvalue weighted by molar-refractivity contribution is 1.17. The molecule has 0 unspecified atom stereocenters. The van der Waals surface area contributed by atoms with Gasteiger partial charge in [0.2, 0.25) is 0 Å². The lowest BCUT2D eigenvalue weighted by Gasteiger charge is -2.26. The predicted octanol–water partition coefficient (Wildman–Crippen LogP) is 14.5. The Morgan fingerprint density at radius 2 is 0.945 bits per heavy atom. The van der Waals surface area contributed by atoms with E-state index in [-0.39, 0.29) is 0 Å². The number of anilines is 3. The fourth-order valence-corrected chi connectivity index (χ4v) is 9.29. The van der Waals surface area contributed by atoms with Crippen LogP contribution in [0.5, 0.6) is 0 Å². The van der Waals surface area contributed by atoms with E-state index in [0.29, 0.717) is 0 Å². The first-order chi connectivity index (χ1) is 27.3. The minimum Gasteiger partial charge on any atom is -0.310 e. The molecule has 9 aromatic carbocycles. The maximum atomic E-state index is 5.01. The van der Waals surface area contributed by atoms with Crippen LogP contribution in [0.4, 0.5) is 17.1 Å². The van der Waals surface area contributed by atoms with E-state index in [9.17, 15) is 0 Å². The molecule has 4 heteroatoms. The highest BCUT2D eigenvalue weighted by molar-refractivity contribution is 7.22. The number of hydrogen-bond donors (Lipinski definition) is 0. The first kappa shape index (κ1) is 31.5. The molecule has 0 saturated heterocycles. The summed E-state index contributed by atoms with van der Waals surface area (Å²) in [5, 5.41) is 8.50. The summed E-state index contributed by atoms with van der Waals surface area (Å²) in [5.41, 5.74) is 11.5. The van der Waals surface area contributed by atoms with Crippen molar-refractivity contribution in [1.29, 1.82) is 0 Å². The van der Waals surface area contributed by atoms with Crippen LogP contribution in [0.25, 0.3) is 81.0 Å². The van der Waals surface area contributed by atoms with Crippen LogP contribution in [0, 0.1) is 0 Å². The van der Waals surface area contributed by atoms with Crippen LogP contribution in [0.15, 0.2) is 200 Å². The van der Waals surface area contributed by atoms with Crippen molar-refractivity contribution in [2.24, 2.45) is 0 Å². The Hall–Kier alpha value is -7.01. The third-order valence-corrected chi connectivity index (χ3v) is 12.0. The summed E-state index contributed by atoms with van der Waals surface area (Å²) in [4.78, 5) is 7.37. The van der Waals surface area contributed by atoms with Gasteiger partial charge < -0.3 is 9.47 Å². The van der Waals surface area contributed by atoms with Gasteiger partial charge in [0, 0.05) is 44.5 Å². The average Bonchev–Trinajstić information content (AvgIpc) is 3.85. The molecule has 0 atom stereocenters. The van der Waals surface area contributed by atoms with Gasteiger partial charge in [-0.25, -0.2) is 4.98 Å². The number of thiazole rings is 1. The SMILES string of the molecule is c1ccc(-c2ccc(N(c3ccc(-n4c5ccccc5c5ccccc54)cc3)c3ccc4c(ccc5c4ccc4nc(-c6ccccc6)sc45)c3)cc2)cc1. The highest BCUT2D eigenvalue weighted by atomic mass is 32.1. The van der Waals surface area contributed by atoms with Crippen molar-refractivity contribution < 1.29 is 0 Å². The van der Waals surface area contributed by atoms with Crippen molar-refractivity contribution in [1.82, 2.24) is 9.55 Å². The highest BCUT2D eigenvalue weighted by Gasteiger charge is 2.17.